The lowest BCUT2D eigenvalue weighted by Gasteiger charge is -2.14. The first-order valence-corrected chi connectivity index (χ1v) is 10.4. The van der Waals surface area contributed by atoms with Crippen LogP contribution in [0.4, 0.5) is 0 Å². The first-order valence-electron chi connectivity index (χ1n) is 9.19. The Kier molecular flexibility index (Phi) is 5.91. The Balaban J connectivity index is 1.33. The maximum absolute atomic E-state index is 12.7. The van der Waals surface area contributed by atoms with Gasteiger partial charge in [-0.2, -0.15) is 0 Å². The molecular weight excluding hydrogens is 424 g/mol. The van der Waals surface area contributed by atoms with Gasteiger partial charge >= 0.3 is 0 Å². The van der Waals surface area contributed by atoms with Crippen LogP contribution in [0.5, 0.6) is 17.2 Å². The number of hydrogen-bond donors (Lipinski definition) is 2. The van der Waals surface area contributed by atoms with Crippen LogP contribution in [0.1, 0.15) is 11.1 Å². The SMILES string of the molecule is O=C(CN1C(=O)C(=Cc2ccc3c(c2)OCO3)SC1=S)NCCc1ccc(O)cc1. The largest absolute Gasteiger partial charge is 0.508 e. The molecule has 7 nitrogen and oxygen atoms in total. The highest BCUT2D eigenvalue weighted by atomic mass is 32.2. The second-order valence-corrected chi connectivity index (χ2v) is 8.32. The van der Waals surface area contributed by atoms with E-state index in [4.69, 9.17) is 21.7 Å². The molecule has 0 bridgehead atoms. The number of ether oxygens (including phenoxy) is 2. The van der Waals surface area contributed by atoms with Crippen molar-refractivity contribution in [1.82, 2.24) is 10.2 Å². The average Bonchev–Trinajstić information content (AvgIpc) is 3.29. The van der Waals surface area contributed by atoms with Crippen molar-refractivity contribution in [2.75, 3.05) is 19.9 Å². The van der Waals surface area contributed by atoms with Crippen LogP contribution in [0.2, 0.25) is 0 Å². The number of carbonyl (C=O) groups excluding carboxylic acids is 2. The van der Waals surface area contributed by atoms with Gasteiger partial charge in [0.2, 0.25) is 12.7 Å². The minimum Gasteiger partial charge on any atom is -0.508 e. The van der Waals surface area contributed by atoms with Gasteiger partial charge in [0.15, 0.2) is 11.5 Å². The number of nitrogens with one attached hydrogen (secondary N) is 1. The lowest BCUT2D eigenvalue weighted by molar-refractivity contribution is -0.128. The van der Waals surface area contributed by atoms with E-state index in [1.54, 1.807) is 42.5 Å². The van der Waals surface area contributed by atoms with Crippen LogP contribution in [0.25, 0.3) is 6.08 Å². The number of rotatable bonds is 6. The van der Waals surface area contributed by atoms with Crippen molar-refractivity contribution in [1.29, 1.82) is 0 Å². The van der Waals surface area contributed by atoms with Gasteiger partial charge < -0.3 is 19.9 Å². The molecule has 0 aliphatic carbocycles. The number of phenols is 1. The van der Waals surface area contributed by atoms with Crippen molar-refractivity contribution in [3.8, 4) is 17.2 Å². The second kappa shape index (κ2) is 8.76. The van der Waals surface area contributed by atoms with Crippen molar-refractivity contribution < 1.29 is 24.2 Å². The summed E-state index contributed by atoms with van der Waals surface area (Å²) >= 11 is 6.46. The molecule has 4 rings (SSSR count). The maximum atomic E-state index is 12.7. The van der Waals surface area contributed by atoms with Crippen LogP contribution in [-0.2, 0) is 16.0 Å². The van der Waals surface area contributed by atoms with E-state index < -0.39 is 0 Å². The number of nitrogens with zero attached hydrogens (tertiary/aromatic N) is 1. The predicted molar refractivity (Wildman–Crippen MR) is 117 cm³/mol. The van der Waals surface area contributed by atoms with E-state index in [0.717, 1.165) is 11.1 Å². The topological polar surface area (TPSA) is 88.1 Å². The van der Waals surface area contributed by atoms with E-state index in [-0.39, 0.29) is 30.9 Å². The van der Waals surface area contributed by atoms with E-state index in [0.29, 0.717) is 33.7 Å². The number of fused-ring (bicyclic) bond motifs is 1. The summed E-state index contributed by atoms with van der Waals surface area (Å²) in [4.78, 5) is 26.7. The standard InChI is InChI=1S/C21H18N2O5S2/c24-15-4-1-13(2-5-15)7-8-22-19(25)11-23-20(26)18(30-21(23)29)10-14-3-6-16-17(9-14)28-12-27-16/h1-6,9-10,24H,7-8,11-12H2,(H,22,25). The third-order valence-electron chi connectivity index (χ3n) is 4.54. The number of amides is 2. The Morgan fingerprint density at radius 3 is 2.77 bits per heavy atom. The molecule has 154 valence electrons. The fourth-order valence-corrected chi connectivity index (χ4v) is 4.25. The van der Waals surface area contributed by atoms with Crippen molar-refractivity contribution in [2.45, 2.75) is 6.42 Å². The van der Waals surface area contributed by atoms with Gasteiger partial charge in [-0.1, -0.05) is 42.2 Å². The molecule has 2 aliphatic rings. The monoisotopic (exact) mass is 442 g/mol. The molecule has 0 aromatic heterocycles. The second-order valence-electron chi connectivity index (χ2n) is 6.65. The number of phenolic OH excluding ortho intramolecular Hbond substituents is 1. The van der Waals surface area contributed by atoms with Crippen LogP contribution < -0.4 is 14.8 Å². The number of thiocarbonyl (C=S) groups is 1. The summed E-state index contributed by atoms with van der Waals surface area (Å²) in [5, 5.41) is 12.1. The van der Waals surface area contributed by atoms with Gasteiger partial charge in [0.05, 0.1) is 4.91 Å². The van der Waals surface area contributed by atoms with Gasteiger partial charge in [0.1, 0.15) is 16.6 Å². The highest BCUT2D eigenvalue weighted by Gasteiger charge is 2.33. The molecule has 2 N–H and O–H groups in total. The minimum atomic E-state index is -0.295. The normalized spacial score (nSPS) is 16.4. The number of benzene rings is 2. The van der Waals surface area contributed by atoms with Crippen molar-refractivity contribution in [3.63, 3.8) is 0 Å². The molecule has 0 saturated carbocycles. The molecule has 0 radical (unpaired) electrons. The quantitative estimate of drug-likeness (QED) is 0.525. The summed E-state index contributed by atoms with van der Waals surface area (Å²) in [7, 11) is 0. The van der Waals surface area contributed by atoms with Gasteiger partial charge in [-0.05, 0) is 47.9 Å². The fourth-order valence-electron chi connectivity index (χ4n) is 3.00. The fraction of sp³-hybridized carbons (Fsp3) is 0.190. The van der Waals surface area contributed by atoms with Crippen molar-refractivity contribution in [3.05, 3.63) is 58.5 Å². The molecule has 2 heterocycles. The summed E-state index contributed by atoms with van der Waals surface area (Å²) in [5.41, 5.74) is 1.78. The van der Waals surface area contributed by atoms with Gasteiger partial charge in [-0.25, -0.2) is 0 Å². The first-order chi connectivity index (χ1) is 14.5. The summed E-state index contributed by atoms with van der Waals surface area (Å²) in [6.45, 7) is 0.479. The highest BCUT2D eigenvalue weighted by molar-refractivity contribution is 8.26. The Hall–Kier alpha value is -3.04. The molecule has 0 atom stereocenters. The van der Waals surface area contributed by atoms with Crippen LogP contribution >= 0.6 is 24.0 Å². The zero-order valence-electron chi connectivity index (χ0n) is 15.8. The van der Waals surface area contributed by atoms with E-state index in [1.807, 2.05) is 6.07 Å². The lowest BCUT2D eigenvalue weighted by Crippen LogP contribution is -2.40. The molecule has 1 saturated heterocycles. The van der Waals surface area contributed by atoms with Gasteiger partial charge in [-0.15, -0.1) is 0 Å². The Morgan fingerprint density at radius 2 is 1.97 bits per heavy atom. The zero-order valence-corrected chi connectivity index (χ0v) is 17.4. The Morgan fingerprint density at radius 1 is 1.20 bits per heavy atom. The summed E-state index contributed by atoms with van der Waals surface area (Å²) in [6, 6.07) is 12.2. The van der Waals surface area contributed by atoms with Crippen LogP contribution in [0.3, 0.4) is 0 Å². The van der Waals surface area contributed by atoms with Gasteiger partial charge in [0, 0.05) is 6.54 Å². The Labute approximate surface area is 182 Å². The molecule has 1 fully saturated rings. The number of carbonyl (C=O) groups is 2. The molecule has 2 aromatic carbocycles. The smallest absolute Gasteiger partial charge is 0.266 e. The van der Waals surface area contributed by atoms with Crippen LogP contribution in [0.15, 0.2) is 47.4 Å². The molecule has 0 unspecified atom stereocenters. The molecule has 2 aliphatic heterocycles. The molecule has 0 spiro atoms. The summed E-state index contributed by atoms with van der Waals surface area (Å²) in [6.07, 6.45) is 2.35. The van der Waals surface area contributed by atoms with E-state index in [9.17, 15) is 14.7 Å². The number of thioether (sulfide) groups is 1. The maximum Gasteiger partial charge on any atom is 0.266 e. The van der Waals surface area contributed by atoms with E-state index in [2.05, 4.69) is 5.32 Å². The molecule has 9 heteroatoms. The third-order valence-corrected chi connectivity index (χ3v) is 5.92. The van der Waals surface area contributed by atoms with E-state index in [1.165, 1.54) is 16.7 Å². The van der Waals surface area contributed by atoms with Crippen LogP contribution in [-0.4, -0.2) is 46.0 Å². The highest BCUT2D eigenvalue weighted by Crippen LogP contribution is 2.36. The molecule has 2 amide bonds. The molecule has 30 heavy (non-hydrogen) atoms. The lowest BCUT2D eigenvalue weighted by atomic mass is 10.1. The summed E-state index contributed by atoms with van der Waals surface area (Å²) < 4.78 is 11.0. The molecular formula is C21H18N2O5S2. The van der Waals surface area contributed by atoms with Crippen molar-refractivity contribution >= 4 is 46.2 Å². The van der Waals surface area contributed by atoms with Gasteiger partial charge in [-0.3, -0.25) is 14.5 Å². The predicted octanol–water partition coefficient (Wildman–Crippen LogP) is 2.68. The van der Waals surface area contributed by atoms with E-state index >= 15 is 0 Å². The van der Waals surface area contributed by atoms with Crippen LogP contribution in [0, 0.1) is 0 Å². The van der Waals surface area contributed by atoms with Gasteiger partial charge in [0.25, 0.3) is 5.91 Å². The average molecular weight is 443 g/mol. The van der Waals surface area contributed by atoms with Crippen molar-refractivity contribution in [2.24, 2.45) is 0 Å². The third kappa shape index (κ3) is 4.58. The first kappa shape index (κ1) is 20.2. The zero-order chi connectivity index (χ0) is 21.1. The summed E-state index contributed by atoms with van der Waals surface area (Å²) in [5.74, 6) is 0.924. The number of aromatic hydroxyl groups is 1. The Bertz CT molecular complexity index is 1040. The number of hydrogen-bond acceptors (Lipinski definition) is 7. The minimum absolute atomic E-state index is 0.126. The molecule has 2 aromatic rings.